The highest BCUT2D eigenvalue weighted by molar-refractivity contribution is 8.28. The SMILES string of the molecule is Cc1ccccc1/C=N\c1cccc2cccc(S[Si](C)(C)C)c12. The van der Waals surface area contributed by atoms with Crippen LogP contribution in [0, 0.1) is 6.92 Å². The van der Waals surface area contributed by atoms with E-state index in [-0.39, 0.29) is 0 Å². The number of fused-ring (bicyclic) bond motifs is 1. The van der Waals surface area contributed by atoms with Crippen molar-refractivity contribution >= 4 is 41.1 Å². The second-order valence-electron chi connectivity index (χ2n) is 6.96. The molecule has 3 aromatic carbocycles. The van der Waals surface area contributed by atoms with Gasteiger partial charge in [-0.3, -0.25) is 4.99 Å². The molecule has 1 nitrogen and oxygen atoms in total. The molecule has 0 atom stereocenters. The van der Waals surface area contributed by atoms with Crippen molar-refractivity contribution in [3.63, 3.8) is 0 Å². The molecule has 3 aromatic rings. The Balaban J connectivity index is 2.09. The Morgan fingerprint density at radius 2 is 1.58 bits per heavy atom. The maximum absolute atomic E-state index is 4.83. The van der Waals surface area contributed by atoms with Crippen LogP contribution < -0.4 is 0 Å². The molecule has 0 aliphatic rings. The number of benzene rings is 3. The quantitative estimate of drug-likeness (QED) is 0.371. The van der Waals surface area contributed by atoms with Crippen LogP contribution in [0.3, 0.4) is 0 Å². The summed E-state index contributed by atoms with van der Waals surface area (Å²) < 4.78 is 0. The highest BCUT2D eigenvalue weighted by Gasteiger charge is 2.17. The van der Waals surface area contributed by atoms with Crippen molar-refractivity contribution < 1.29 is 0 Å². The van der Waals surface area contributed by atoms with Crippen LogP contribution in [0.5, 0.6) is 0 Å². The van der Waals surface area contributed by atoms with Gasteiger partial charge in [-0.05, 0) is 35.6 Å². The summed E-state index contributed by atoms with van der Waals surface area (Å²) in [4.78, 5) is 6.18. The standard InChI is InChI=1S/C21H23NSSi/c1-16-9-5-6-10-18(16)15-22-19-13-7-11-17-12-8-14-20(21(17)19)23-24(2,3)4/h5-15H,1-4H3/b22-15-. The third-order valence-electron chi connectivity index (χ3n) is 3.79. The van der Waals surface area contributed by atoms with Gasteiger partial charge in [0.25, 0.3) is 0 Å². The molecule has 0 spiro atoms. The maximum atomic E-state index is 4.83. The second-order valence-corrected chi connectivity index (χ2v) is 16.1. The fourth-order valence-corrected chi connectivity index (χ4v) is 6.30. The van der Waals surface area contributed by atoms with E-state index in [9.17, 15) is 0 Å². The number of aryl methyl sites for hydroxylation is 1. The lowest BCUT2D eigenvalue weighted by molar-refractivity contribution is 1.44. The normalized spacial score (nSPS) is 12.2. The third-order valence-corrected chi connectivity index (χ3v) is 7.46. The van der Waals surface area contributed by atoms with E-state index in [1.807, 2.05) is 17.4 Å². The molecule has 0 aromatic heterocycles. The average Bonchev–Trinajstić information content (AvgIpc) is 2.53. The van der Waals surface area contributed by atoms with Crippen LogP contribution in [0.25, 0.3) is 10.8 Å². The molecule has 0 aliphatic heterocycles. The van der Waals surface area contributed by atoms with E-state index in [0.717, 1.165) is 5.69 Å². The summed E-state index contributed by atoms with van der Waals surface area (Å²) in [5, 5.41) is 2.54. The van der Waals surface area contributed by atoms with Gasteiger partial charge in [0.1, 0.15) is 7.22 Å². The fourth-order valence-electron chi connectivity index (χ4n) is 2.68. The first-order valence-corrected chi connectivity index (χ1v) is 13.3. The summed E-state index contributed by atoms with van der Waals surface area (Å²) in [6.07, 6.45) is 1.99. The topological polar surface area (TPSA) is 12.4 Å². The van der Waals surface area contributed by atoms with Gasteiger partial charge >= 0.3 is 0 Å². The predicted molar refractivity (Wildman–Crippen MR) is 112 cm³/mol. The lowest BCUT2D eigenvalue weighted by Gasteiger charge is -2.17. The van der Waals surface area contributed by atoms with E-state index < -0.39 is 7.22 Å². The molecule has 0 amide bonds. The highest BCUT2D eigenvalue weighted by Crippen LogP contribution is 2.38. The zero-order valence-electron chi connectivity index (χ0n) is 14.7. The molecule has 3 heteroatoms. The summed E-state index contributed by atoms with van der Waals surface area (Å²) in [6.45, 7) is 9.28. The Hall–Kier alpha value is -1.84. The second kappa shape index (κ2) is 6.95. The smallest absolute Gasteiger partial charge is 0.114 e. The minimum atomic E-state index is -1.27. The van der Waals surface area contributed by atoms with Gasteiger partial charge in [-0.25, -0.2) is 0 Å². The fraction of sp³-hybridized carbons (Fsp3) is 0.190. The van der Waals surface area contributed by atoms with Crippen LogP contribution in [0.15, 0.2) is 70.6 Å². The largest absolute Gasteiger partial charge is 0.256 e. The summed E-state index contributed by atoms with van der Waals surface area (Å²) in [7, 11) is -1.27. The van der Waals surface area contributed by atoms with Crippen molar-refractivity contribution in [2.45, 2.75) is 31.5 Å². The first-order valence-electron chi connectivity index (χ1n) is 8.24. The van der Waals surface area contributed by atoms with Gasteiger partial charge in [0.15, 0.2) is 0 Å². The average molecular weight is 350 g/mol. The van der Waals surface area contributed by atoms with E-state index in [4.69, 9.17) is 4.99 Å². The predicted octanol–water partition coefficient (Wildman–Crippen LogP) is 6.83. The molecule has 24 heavy (non-hydrogen) atoms. The summed E-state index contributed by atoms with van der Waals surface area (Å²) >= 11 is 2.03. The van der Waals surface area contributed by atoms with Gasteiger partial charge in [0, 0.05) is 16.5 Å². The van der Waals surface area contributed by atoms with E-state index in [1.54, 1.807) is 0 Å². The zero-order chi connectivity index (χ0) is 17.2. The van der Waals surface area contributed by atoms with Gasteiger partial charge in [0.05, 0.1) is 5.69 Å². The molecule has 0 saturated carbocycles. The molecule has 0 N–H and O–H groups in total. The minimum absolute atomic E-state index is 1.05. The molecular weight excluding hydrogens is 326 g/mol. The Labute approximate surface area is 149 Å². The number of hydrogen-bond donors (Lipinski definition) is 0. The highest BCUT2D eigenvalue weighted by atomic mass is 32.4. The van der Waals surface area contributed by atoms with Crippen molar-refractivity contribution in [3.8, 4) is 0 Å². The van der Waals surface area contributed by atoms with Crippen molar-refractivity contribution in [1.82, 2.24) is 0 Å². The Kier molecular flexibility index (Phi) is 4.92. The van der Waals surface area contributed by atoms with Crippen LogP contribution in [-0.2, 0) is 0 Å². The maximum Gasteiger partial charge on any atom is 0.114 e. The monoisotopic (exact) mass is 349 g/mol. The van der Waals surface area contributed by atoms with Crippen LogP contribution in [0.4, 0.5) is 5.69 Å². The first kappa shape index (κ1) is 17.0. The molecule has 0 unspecified atom stereocenters. The molecular formula is C21H23NSSi. The first-order chi connectivity index (χ1) is 11.4. The van der Waals surface area contributed by atoms with Crippen LogP contribution in [0.2, 0.25) is 19.6 Å². The van der Waals surface area contributed by atoms with Crippen LogP contribution in [0.1, 0.15) is 11.1 Å². The molecule has 3 rings (SSSR count). The molecule has 0 heterocycles. The van der Waals surface area contributed by atoms with E-state index >= 15 is 0 Å². The van der Waals surface area contributed by atoms with Crippen molar-refractivity contribution in [2.75, 3.05) is 0 Å². The van der Waals surface area contributed by atoms with Gasteiger partial charge in [-0.15, -0.1) is 0 Å². The lowest BCUT2D eigenvalue weighted by atomic mass is 10.1. The third kappa shape index (κ3) is 3.97. The number of aliphatic imine (C=N–C) groups is 1. The van der Waals surface area contributed by atoms with Gasteiger partial charge in [-0.2, -0.15) is 11.2 Å². The van der Waals surface area contributed by atoms with Gasteiger partial charge in [-0.1, -0.05) is 68.2 Å². The summed E-state index contributed by atoms with van der Waals surface area (Å²) in [6, 6.07) is 21.3. The number of nitrogens with zero attached hydrogens (tertiary/aromatic N) is 1. The molecule has 122 valence electrons. The summed E-state index contributed by atoms with van der Waals surface area (Å²) in [5.41, 5.74) is 3.47. The van der Waals surface area contributed by atoms with Crippen LogP contribution in [-0.4, -0.2) is 13.4 Å². The molecule has 0 bridgehead atoms. The van der Waals surface area contributed by atoms with Crippen molar-refractivity contribution in [2.24, 2.45) is 4.99 Å². The number of hydrogen-bond acceptors (Lipinski definition) is 2. The molecule has 0 saturated heterocycles. The lowest BCUT2D eigenvalue weighted by Crippen LogP contribution is -2.13. The van der Waals surface area contributed by atoms with Crippen LogP contribution >= 0.6 is 11.2 Å². The Morgan fingerprint density at radius 3 is 2.29 bits per heavy atom. The van der Waals surface area contributed by atoms with Crippen molar-refractivity contribution in [1.29, 1.82) is 0 Å². The van der Waals surface area contributed by atoms with E-state index in [2.05, 4.69) is 87.2 Å². The Morgan fingerprint density at radius 1 is 0.875 bits per heavy atom. The summed E-state index contributed by atoms with van der Waals surface area (Å²) in [5.74, 6) is 0. The minimum Gasteiger partial charge on any atom is -0.256 e. The molecule has 0 aliphatic carbocycles. The molecule has 0 fully saturated rings. The number of rotatable bonds is 4. The van der Waals surface area contributed by atoms with E-state index in [0.29, 0.717) is 0 Å². The molecule has 0 radical (unpaired) electrons. The van der Waals surface area contributed by atoms with E-state index in [1.165, 1.54) is 26.8 Å². The van der Waals surface area contributed by atoms with Crippen molar-refractivity contribution in [3.05, 3.63) is 71.8 Å². The van der Waals surface area contributed by atoms with Gasteiger partial charge < -0.3 is 0 Å². The van der Waals surface area contributed by atoms with Gasteiger partial charge in [0.2, 0.25) is 0 Å². The Bertz CT molecular complexity index is 888. The zero-order valence-corrected chi connectivity index (χ0v) is 16.5.